The maximum atomic E-state index is 11.7. The van der Waals surface area contributed by atoms with E-state index in [9.17, 15) is 8.42 Å². The van der Waals surface area contributed by atoms with Gasteiger partial charge >= 0.3 is 0 Å². The van der Waals surface area contributed by atoms with Gasteiger partial charge in [-0.3, -0.25) is 0 Å². The Kier molecular flexibility index (Phi) is 5.65. The van der Waals surface area contributed by atoms with Gasteiger partial charge in [0.25, 0.3) is 0 Å². The summed E-state index contributed by atoms with van der Waals surface area (Å²) in [5.41, 5.74) is 0. The minimum atomic E-state index is -3.06. The van der Waals surface area contributed by atoms with Crippen LogP contribution in [0.4, 0.5) is 0 Å². The minimum Gasteiger partial charge on any atom is -0.308 e. The van der Waals surface area contributed by atoms with E-state index in [1.54, 1.807) is 18.3 Å². The molecule has 0 bridgehead atoms. The van der Waals surface area contributed by atoms with Gasteiger partial charge in [-0.2, -0.15) is 0 Å². The highest BCUT2D eigenvalue weighted by atomic mass is 79.9. The van der Waals surface area contributed by atoms with Crippen LogP contribution in [-0.4, -0.2) is 26.5 Å². The van der Waals surface area contributed by atoms with Gasteiger partial charge in [-0.15, -0.1) is 11.3 Å². The standard InChI is InChI=1S/C10H15Br2NO2S2/c1-4-13-9(6(2)17(3,14)15)8-5-7(11)10(12)16-8/h5-6,9,13H,4H2,1-3H3. The van der Waals surface area contributed by atoms with E-state index in [2.05, 4.69) is 37.2 Å². The fourth-order valence-corrected chi connectivity index (χ4v) is 4.58. The topological polar surface area (TPSA) is 46.2 Å². The Bertz CT molecular complexity index is 465. The summed E-state index contributed by atoms with van der Waals surface area (Å²) in [4.78, 5) is 1.02. The Morgan fingerprint density at radius 2 is 2.06 bits per heavy atom. The normalized spacial score (nSPS) is 15.8. The van der Waals surface area contributed by atoms with Crippen molar-refractivity contribution >= 4 is 53.0 Å². The molecule has 0 aliphatic rings. The summed E-state index contributed by atoms with van der Waals surface area (Å²) in [6.07, 6.45) is 1.28. The number of rotatable bonds is 5. The first-order valence-electron chi connectivity index (χ1n) is 5.14. The molecule has 17 heavy (non-hydrogen) atoms. The number of hydrogen-bond acceptors (Lipinski definition) is 4. The Morgan fingerprint density at radius 1 is 1.47 bits per heavy atom. The van der Waals surface area contributed by atoms with Crippen molar-refractivity contribution in [3.63, 3.8) is 0 Å². The molecular formula is C10H15Br2NO2S2. The van der Waals surface area contributed by atoms with Gasteiger partial charge < -0.3 is 5.32 Å². The molecule has 2 unspecified atom stereocenters. The van der Waals surface area contributed by atoms with Crippen molar-refractivity contribution in [1.29, 1.82) is 0 Å². The lowest BCUT2D eigenvalue weighted by molar-refractivity contribution is 0.518. The van der Waals surface area contributed by atoms with E-state index >= 15 is 0 Å². The second kappa shape index (κ2) is 6.14. The molecule has 2 atom stereocenters. The molecular weight excluding hydrogens is 390 g/mol. The van der Waals surface area contributed by atoms with E-state index in [1.807, 2.05) is 13.0 Å². The zero-order valence-electron chi connectivity index (χ0n) is 9.83. The lowest BCUT2D eigenvalue weighted by Crippen LogP contribution is -2.34. The van der Waals surface area contributed by atoms with Crippen LogP contribution in [0.25, 0.3) is 0 Å². The molecule has 3 nitrogen and oxygen atoms in total. The van der Waals surface area contributed by atoms with E-state index in [4.69, 9.17) is 0 Å². The number of hydrogen-bond donors (Lipinski definition) is 1. The Hall–Kier alpha value is 0.570. The van der Waals surface area contributed by atoms with Crippen molar-refractivity contribution in [2.24, 2.45) is 0 Å². The highest BCUT2D eigenvalue weighted by Gasteiger charge is 2.28. The molecule has 1 N–H and O–H groups in total. The predicted molar refractivity (Wildman–Crippen MR) is 80.4 cm³/mol. The molecule has 1 aromatic rings. The van der Waals surface area contributed by atoms with Crippen LogP contribution in [0.1, 0.15) is 24.8 Å². The van der Waals surface area contributed by atoms with Crippen LogP contribution in [0, 0.1) is 0 Å². The Balaban J connectivity index is 3.09. The highest BCUT2D eigenvalue weighted by Crippen LogP contribution is 2.37. The fourth-order valence-electron chi connectivity index (χ4n) is 1.48. The maximum Gasteiger partial charge on any atom is 0.151 e. The van der Waals surface area contributed by atoms with Crippen LogP contribution in [0.15, 0.2) is 14.3 Å². The van der Waals surface area contributed by atoms with Crippen molar-refractivity contribution in [3.8, 4) is 0 Å². The van der Waals surface area contributed by atoms with Crippen LogP contribution in [0.3, 0.4) is 0 Å². The summed E-state index contributed by atoms with van der Waals surface area (Å²) < 4.78 is 25.2. The molecule has 98 valence electrons. The predicted octanol–water partition coefficient (Wildman–Crippen LogP) is 3.36. The third kappa shape index (κ3) is 4.02. The molecule has 0 saturated heterocycles. The van der Waals surface area contributed by atoms with E-state index in [0.29, 0.717) is 0 Å². The zero-order chi connectivity index (χ0) is 13.2. The molecule has 0 aliphatic carbocycles. The maximum absolute atomic E-state index is 11.7. The first-order chi connectivity index (χ1) is 7.77. The smallest absolute Gasteiger partial charge is 0.151 e. The Labute approximate surface area is 123 Å². The number of nitrogens with one attached hydrogen (secondary N) is 1. The van der Waals surface area contributed by atoms with E-state index in [0.717, 1.165) is 19.7 Å². The van der Waals surface area contributed by atoms with Gasteiger partial charge in [-0.1, -0.05) is 6.92 Å². The molecule has 0 aromatic carbocycles. The lowest BCUT2D eigenvalue weighted by Gasteiger charge is -2.22. The van der Waals surface area contributed by atoms with Gasteiger partial charge in [0.2, 0.25) is 0 Å². The lowest BCUT2D eigenvalue weighted by atomic mass is 10.2. The quantitative estimate of drug-likeness (QED) is 0.818. The molecule has 0 aliphatic heterocycles. The van der Waals surface area contributed by atoms with Crippen molar-refractivity contribution in [2.45, 2.75) is 25.1 Å². The second-order valence-electron chi connectivity index (χ2n) is 3.84. The average Bonchev–Trinajstić information content (AvgIpc) is 2.53. The highest BCUT2D eigenvalue weighted by molar-refractivity contribution is 9.13. The average molecular weight is 405 g/mol. The van der Waals surface area contributed by atoms with Crippen LogP contribution in [0.5, 0.6) is 0 Å². The van der Waals surface area contributed by atoms with Gasteiger partial charge in [0.05, 0.1) is 15.1 Å². The summed E-state index contributed by atoms with van der Waals surface area (Å²) >= 11 is 8.40. The molecule has 1 aromatic heterocycles. The van der Waals surface area contributed by atoms with Gasteiger partial charge in [0, 0.05) is 15.6 Å². The summed E-state index contributed by atoms with van der Waals surface area (Å²) in [6.45, 7) is 4.45. The molecule has 0 radical (unpaired) electrons. The fraction of sp³-hybridized carbons (Fsp3) is 0.600. The van der Waals surface area contributed by atoms with Crippen LogP contribution >= 0.6 is 43.2 Å². The molecule has 7 heteroatoms. The summed E-state index contributed by atoms with van der Waals surface area (Å²) in [5.74, 6) is 0. The summed E-state index contributed by atoms with van der Waals surface area (Å²) in [5, 5.41) is 2.79. The van der Waals surface area contributed by atoms with Crippen molar-refractivity contribution < 1.29 is 8.42 Å². The van der Waals surface area contributed by atoms with Crippen molar-refractivity contribution in [3.05, 3.63) is 19.2 Å². The van der Waals surface area contributed by atoms with E-state index in [-0.39, 0.29) is 6.04 Å². The Morgan fingerprint density at radius 3 is 2.41 bits per heavy atom. The summed E-state index contributed by atoms with van der Waals surface area (Å²) in [6, 6.07) is 1.80. The van der Waals surface area contributed by atoms with E-state index < -0.39 is 15.1 Å². The van der Waals surface area contributed by atoms with Crippen molar-refractivity contribution in [1.82, 2.24) is 5.32 Å². The zero-order valence-corrected chi connectivity index (χ0v) is 14.6. The summed E-state index contributed by atoms with van der Waals surface area (Å²) in [7, 11) is -3.06. The number of halogens is 2. The SMILES string of the molecule is CCNC(c1cc(Br)c(Br)s1)C(C)S(C)(=O)=O. The molecule has 0 amide bonds. The minimum absolute atomic E-state index is 0.164. The number of sulfone groups is 1. The second-order valence-corrected chi connectivity index (χ2v) is 9.50. The van der Waals surface area contributed by atoms with E-state index in [1.165, 1.54) is 6.26 Å². The van der Waals surface area contributed by atoms with Gasteiger partial charge in [0.1, 0.15) is 0 Å². The largest absolute Gasteiger partial charge is 0.308 e. The van der Waals surface area contributed by atoms with Crippen molar-refractivity contribution in [2.75, 3.05) is 12.8 Å². The van der Waals surface area contributed by atoms with Gasteiger partial charge in [0.15, 0.2) is 9.84 Å². The van der Waals surface area contributed by atoms with Gasteiger partial charge in [-0.05, 0) is 51.4 Å². The van der Waals surface area contributed by atoms with Crippen LogP contribution in [-0.2, 0) is 9.84 Å². The molecule has 1 heterocycles. The van der Waals surface area contributed by atoms with Crippen LogP contribution in [0.2, 0.25) is 0 Å². The number of thiophene rings is 1. The molecule has 1 rings (SSSR count). The molecule has 0 spiro atoms. The first-order valence-corrected chi connectivity index (χ1v) is 9.50. The molecule has 0 saturated carbocycles. The first kappa shape index (κ1) is 15.6. The third-order valence-electron chi connectivity index (χ3n) is 2.54. The molecule has 0 fully saturated rings. The third-order valence-corrected chi connectivity index (χ3v) is 7.50. The van der Waals surface area contributed by atoms with Crippen LogP contribution < -0.4 is 5.32 Å². The van der Waals surface area contributed by atoms with Gasteiger partial charge in [-0.25, -0.2) is 8.42 Å². The monoisotopic (exact) mass is 403 g/mol.